The maximum absolute atomic E-state index is 13.8. The summed E-state index contributed by atoms with van der Waals surface area (Å²) in [6.07, 6.45) is 10.2. The molecule has 0 aliphatic rings. The number of aromatic nitrogens is 2. The summed E-state index contributed by atoms with van der Waals surface area (Å²) in [7, 11) is 0. The quantitative estimate of drug-likeness (QED) is 0.405. The number of unbranched alkanes of at least 4 members (excludes halogenated alkanes) is 2. The third-order valence-corrected chi connectivity index (χ3v) is 3.90. The molecule has 2 aromatic heterocycles. The number of hydrogen-bond donors (Lipinski definition) is 0. The predicted octanol–water partition coefficient (Wildman–Crippen LogP) is 4.54. The van der Waals surface area contributed by atoms with E-state index in [4.69, 9.17) is 11.2 Å². The lowest BCUT2D eigenvalue weighted by molar-refractivity contribution is 0.283. The van der Waals surface area contributed by atoms with Crippen LogP contribution >= 0.6 is 11.3 Å². The van der Waals surface area contributed by atoms with Crippen molar-refractivity contribution < 1.29 is 9.13 Å². The van der Waals surface area contributed by atoms with Crippen LogP contribution in [-0.2, 0) is 6.61 Å². The van der Waals surface area contributed by atoms with Gasteiger partial charge in [-0.05, 0) is 24.3 Å². The molecule has 0 N–H and O–H groups in total. The van der Waals surface area contributed by atoms with Crippen LogP contribution in [0.2, 0.25) is 0 Å². The molecule has 0 radical (unpaired) electrons. The first kappa shape index (κ1) is 17.1. The van der Waals surface area contributed by atoms with Crippen LogP contribution in [0.15, 0.2) is 28.7 Å². The van der Waals surface area contributed by atoms with Crippen molar-refractivity contribution >= 4 is 22.9 Å². The average Bonchev–Trinajstić information content (AvgIpc) is 3.08. The van der Waals surface area contributed by atoms with E-state index in [1.54, 1.807) is 11.3 Å². The number of nitrogens with zero attached hydrogens (tertiary/aromatic N) is 3. The fourth-order valence-corrected chi connectivity index (χ4v) is 2.47. The van der Waals surface area contributed by atoms with Crippen LogP contribution < -0.4 is 4.74 Å². The standard InChI is InChI=1S/C17H18FN3OS/c1-3-5-6-8-13(4-2)20-16-15(18)11-19-17(21-16)22-12-14-9-7-10-23-14/h2,7,9-11H,3,5-6,8,12H2,1H3/b20-13-. The van der Waals surface area contributed by atoms with Gasteiger partial charge in [0.15, 0.2) is 11.6 Å². The molecule has 4 nitrogen and oxygen atoms in total. The van der Waals surface area contributed by atoms with Crippen LogP contribution in [0.4, 0.5) is 10.2 Å². The predicted molar refractivity (Wildman–Crippen MR) is 90.7 cm³/mol. The summed E-state index contributed by atoms with van der Waals surface area (Å²) in [5.74, 6) is 1.80. The number of halogens is 1. The SMILES string of the molecule is C#C/C(CCCCC)=N/c1nc(OCc2cccs2)ncc1F. The second-order valence-corrected chi connectivity index (χ2v) is 5.88. The highest BCUT2D eigenvalue weighted by molar-refractivity contribution is 7.09. The Morgan fingerprint density at radius 3 is 3.04 bits per heavy atom. The van der Waals surface area contributed by atoms with Gasteiger partial charge >= 0.3 is 6.01 Å². The summed E-state index contributed by atoms with van der Waals surface area (Å²) < 4.78 is 19.3. The maximum atomic E-state index is 13.8. The number of terminal acetylenes is 1. The first-order valence-electron chi connectivity index (χ1n) is 7.44. The van der Waals surface area contributed by atoms with Gasteiger partial charge in [-0.15, -0.1) is 17.8 Å². The Balaban J connectivity index is 2.08. The van der Waals surface area contributed by atoms with E-state index in [-0.39, 0.29) is 11.8 Å². The van der Waals surface area contributed by atoms with Gasteiger partial charge in [0.1, 0.15) is 6.61 Å². The highest BCUT2D eigenvalue weighted by atomic mass is 32.1. The molecule has 0 amide bonds. The molecule has 23 heavy (non-hydrogen) atoms. The largest absolute Gasteiger partial charge is 0.458 e. The van der Waals surface area contributed by atoms with Crippen LogP contribution in [0.3, 0.4) is 0 Å². The molecule has 2 aromatic rings. The lowest BCUT2D eigenvalue weighted by Crippen LogP contribution is -2.00. The monoisotopic (exact) mass is 331 g/mol. The van der Waals surface area contributed by atoms with Crippen molar-refractivity contribution in [2.75, 3.05) is 0 Å². The molecule has 6 heteroatoms. The first-order chi connectivity index (χ1) is 11.2. The van der Waals surface area contributed by atoms with Crippen molar-refractivity contribution in [1.82, 2.24) is 9.97 Å². The van der Waals surface area contributed by atoms with Crippen molar-refractivity contribution in [3.63, 3.8) is 0 Å². The molecule has 0 unspecified atom stereocenters. The highest BCUT2D eigenvalue weighted by Gasteiger charge is 2.09. The Hall–Kier alpha value is -2.26. The third kappa shape index (κ3) is 5.46. The van der Waals surface area contributed by atoms with Gasteiger partial charge in [-0.25, -0.2) is 14.4 Å². The zero-order chi connectivity index (χ0) is 16.5. The van der Waals surface area contributed by atoms with Crippen molar-refractivity contribution in [1.29, 1.82) is 0 Å². The van der Waals surface area contributed by atoms with Gasteiger partial charge in [0.05, 0.1) is 11.9 Å². The number of aliphatic imine (C=N–C) groups is 1. The average molecular weight is 331 g/mol. The van der Waals surface area contributed by atoms with Crippen LogP contribution in [0.25, 0.3) is 0 Å². The van der Waals surface area contributed by atoms with E-state index in [0.717, 1.165) is 30.3 Å². The molecule has 0 saturated heterocycles. The van der Waals surface area contributed by atoms with Gasteiger partial charge < -0.3 is 4.74 Å². The topological polar surface area (TPSA) is 47.4 Å². The van der Waals surface area contributed by atoms with E-state index >= 15 is 0 Å². The summed E-state index contributed by atoms with van der Waals surface area (Å²) in [4.78, 5) is 13.0. The smallest absolute Gasteiger partial charge is 0.318 e. The lowest BCUT2D eigenvalue weighted by atomic mass is 10.1. The molecule has 120 valence electrons. The Morgan fingerprint density at radius 1 is 1.48 bits per heavy atom. The van der Waals surface area contributed by atoms with E-state index in [1.807, 2.05) is 17.5 Å². The van der Waals surface area contributed by atoms with Crippen LogP contribution in [0.1, 0.15) is 37.5 Å². The zero-order valence-corrected chi connectivity index (χ0v) is 13.8. The molecule has 0 spiro atoms. The van der Waals surface area contributed by atoms with Gasteiger partial charge in [0.25, 0.3) is 0 Å². The van der Waals surface area contributed by atoms with E-state index < -0.39 is 5.82 Å². The molecule has 0 aliphatic heterocycles. The second-order valence-electron chi connectivity index (χ2n) is 4.85. The number of thiophene rings is 1. The zero-order valence-electron chi connectivity index (χ0n) is 13.0. The van der Waals surface area contributed by atoms with Crippen molar-refractivity contribution in [2.24, 2.45) is 4.99 Å². The Bertz CT molecular complexity index is 692. The molecule has 0 aliphatic carbocycles. The maximum Gasteiger partial charge on any atom is 0.318 e. The summed E-state index contributed by atoms with van der Waals surface area (Å²) in [5, 5.41) is 1.95. The summed E-state index contributed by atoms with van der Waals surface area (Å²) in [6, 6.07) is 3.96. The normalized spacial score (nSPS) is 11.3. The minimum atomic E-state index is -0.614. The molecular weight excluding hydrogens is 313 g/mol. The molecule has 2 rings (SSSR count). The number of hydrogen-bond acceptors (Lipinski definition) is 5. The van der Waals surface area contributed by atoms with Crippen molar-refractivity contribution in [3.05, 3.63) is 34.4 Å². The summed E-state index contributed by atoms with van der Waals surface area (Å²) >= 11 is 1.57. The lowest BCUT2D eigenvalue weighted by Gasteiger charge is -2.04. The van der Waals surface area contributed by atoms with Crippen LogP contribution in [-0.4, -0.2) is 15.7 Å². The Morgan fingerprint density at radius 2 is 2.35 bits per heavy atom. The third-order valence-electron chi connectivity index (χ3n) is 3.05. The Labute approximate surface area is 139 Å². The minimum absolute atomic E-state index is 0.0781. The van der Waals surface area contributed by atoms with Crippen LogP contribution in [0, 0.1) is 18.2 Å². The van der Waals surface area contributed by atoms with E-state index in [2.05, 4.69) is 27.8 Å². The molecule has 2 heterocycles. The van der Waals surface area contributed by atoms with Crippen LogP contribution in [0.5, 0.6) is 6.01 Å². The first-order valence-corrected chi connectivity index (χ1v) is 8.32. The van der Waals surface area contributed by atoms with Crippen molar-refractivity contribution in [2.45, 2.75) is 39.2 Å². The fourth-order valence-electron chi connectivity index (χ4n) is 1.85. The van der Waals surface area contributed by atoms with E-state index in [0.29, 0.717) is 18.7 Å². The van der Waals surface area contributed by atoms with Gasteiger partial charge in [-0.1, -0.05) is 31.8 Å². The molecule has 0 bridgehead atoms. The molecular formula is C17H18FN3OS. The van der Waals surface area contributed by atoms with Crippen molar-refractivity contribution in [3.8, 4) is 18.4 Å². The summed E-state index contributed by atoms with van der Waals surface area (Å²) in [5.41, 5.74) is 0.486. The molecule has 0 aromatic carbocycles. The minimum Gasteiger partial charge on any atom is -0.458 e. The van der Waals surface area contributed by atoms with E-state index in [9.17, 15) is 4.39 Å². The highest BCUT2D eigenvalue weighted by Crippen LogP contribution is 2.19. The number of rotatable bonds is 8. The van der Waals surface area contributed by atoms with Gasteiger partial charge in [-0.2, -0.15) is 4.98 Å². The molecule has 0 atom stereocenters. The summed E-state index contributed by atoms with van der Waals surface area (Å²) in [6.45, 7) is 2.44. The van der Waals surface area contributed by atoms with E-state index in [1.165, 1.54) is 0 Å². The Kier molecular flexibility index (Phi) is 6.70. The van der Waals surface area contributed by atoms with Gasteiger partial charge in [0, 0.05) is 4.88 Å². The van der Waals surface area contributed by atoms with Gasteiger partial charge in [-0.3, -0.25) is 0 Å². The fraction of sp³-hybridized carbons (Fsp3) is 0.353. The number of ether oxygens (including phenoxy) is 1. The van der Waals surface area contributed by atoms with Gasteiger partial charge in [0.2, 0.25) is 0 Å². The molecule has 0 fully saturated rings. The molecule has 0 saturated carbocycles. The second kappa shape index (κ2) is 9.01.